The number of allylic oxidation sites excluding steroid dienone is 1. The van der Waals surface area contributed by atoms with Crippen LogP contribution >= 0.6 is 0 Å². The molecule has 0 N–H and O–H groups in total. The molecule has 0 rings (SSSR count). The Labute approximate surface area is 105 Å². The van der Waals surface area contributed by atoms with Gasteiger partial charge in [0, 0.05) is 20.3 Å². The van der Waals surface area contributed by atoms with E-state index >= 15 is 0 Å². The van der Waals surface area contributed by atoms with Crippen LogP contribution in [0.5, 0.6) is 0 Å². The van der Waals surface area contributed by atoms with Crippen molar-refractivity contribution in [2.45, 2.75) is 38.8 Å². The summed E-state index contributed by atoms with van der Waals surface area (Å²) in [5, 5.41) is 0. The van der Waals surface area contributed by atoms with E-state index < -0.39 is 8.56 Å². The number of rotatable bonds is 9. The molecule has 4 nitrogen and oxygen atoms in total. The standard InChI is InChI=1S/C12H24O4Si/c1-5-8-12(13)16-9-7-11-17(14-3,15-4)10-6-2/h5,8H,6-7,9-11H2,1-4H3. The molecule has 0 radical (unpaired) electrons. The second kappa shape index (κ2) is 9.38. The summed E-state index contributed by atoms with van der Waals surface area (Å²) in [6, 6.07) is 1.83. The zero-order chi connectivity index (χ0) is 13.1. The van der Waals surface area contributed by atoms with Gasteiger partial charge in [-0.25, -0.2) is 4.79 Å². The Morgan fingerprint density at radius 3 is 2.35 bits per heavy atom. The molecular formula is C12H24O4Si. The Morgan fingerprint density at radius 2 is 1.88 bits per heavy atom. The highest BCUT2D eigenvalue weighted by molar-refractivity contribution is 6.67. The summed E-state index contributed by atoms with van der Waals surface area (Å²) in [4.78, 5) is 11.1. The van der Waals surface area contributed by atoms with Crippen molar-refractivity contribution >= 4 is 14.5 Å². The van der Waals surface area contributed by atoms with Crippen LogP contribution in [-0.4, -0.2) is 35.4 Å². The maximum Gasteiger partial charge on any atom is 0.337 e. The van der Waals surface area contributed by atoms with Gasteiger partial charge in [-0.2, -0.15) is 0 Å². The summed E-state index contributed by atoms with van der Waals surface area (Å²) >= 11 is 0. The van der Waals surface area contributed by atoms with E-state index in [1.807, 2.05) is 0 Å². The Kier molecular flexibility index (Phi) is 9.02. The van der Waals surface area contributed by atoms with Gasteiger partial charge in [-0.1, -0.05) is 19.4 Å². The van der Waals surface area contributed by atoms with Gasteiger partial charge in [-0.15, -0.1) is 0 Å². The largest absolute Gasteiger partial charge is 0.463 e. The van der Waals surface area contributed by atoms with Crippen molar-refractivity contribution in [2.75, 3.05) is 20.8 Å². The van der Waals surface area contributed by atoms with E-state index in [1.165, 1.54) is 6.08 Å². The lowest BCUT2D eigenvalue weighted by molar-refractivity contribution is -0.137. The summed E-state index contributed by atoms with van der Waals surface area (Å²) in [6.45, 7) is 4.33. The molecule has 0 atom stereocenters. The minimum atomic E-state index is -2.04. The van der Waals surface area contributed by atoms with Crippen molar-refractivity contribution < 1.29 is 18.4 Å². The molecule has 0 aliphatic rings. The van der Waals surface area contributed by atoms with Crippen molar-refractivity contribution in [1.82, 2.24) is 0 Å². The number of ether oxygens (including phenoxy) is 1. The van der Waals surface area contributed by atoms with Crippen molar-refractivity contribution in [3.8, 4) is 0 Å². The first kappa shape index (κ1) is 16.3. The highest BCUT2D eigenvalue weighted by Gasteiger charge is 2.33. The molecule has 0 aromatic heterocycles. The molecule has 0 aliphatic heterocycles. The molecule has 17 heavy (non-hydrogen) atoms. The van der Waals surface area contributed by atoms with Crippen LogP contribution in [-0.2, 0) is 18.4 Å². The van der Waals surface area contributed by atoms with E-state index in [1.54, 1.807) is 27.2 Å². The first-order chi connectivity index (χ1) is 8.14. The summed E-state index contributed by atoms with van der Waals surface area (Å²) < 4.78 is 16.1. The normalized spacial score (nSPS) is 12.0. The first-order valence-corrected chi connectivity index (χ1v) is 8.27. The average molecular weight is 260 g/mol. The molecule has 0 aromatic rings. The maximum absolute atomic E-state index is 11.1. The third-order valence-corrected chi connectivity index (χ3v) is 6.49. The predicted octanol–water partition coefficient (Wildman–Crippen LogP) is 2.64. The fraction of sp³-hybridized carbons (Fsp3) is 0.750. The van der Waals surface area contributed by atoms with Gasteiger partial charge in [0.25, 0.3) is 0 Å². The van der Waals surface area contributed by atoms with E-state index in [2.05, 4.69) is 6.92 Å². The van der Waals surface area contributed by atoms with E-state index in [-0.39, 0.29) is 5.97 Å². The molecule has 0 spiro atoms. The highest BCUT2D eigenvalue weighted by Crippen LogP contribution is 2.21. The van der Waals surface area contributed by atoms with Crippen molar-refractivity contribution in [1.29, 1.82) is 0 Å². The molecule has 100 valence electrons. The Hall–Kier alpha value is -0.653. The Morgan fingerprint density at radius 1 is 1.24 bits per heavy atom. The number of hydrogen-bond acceptors (Lipinski definition) is 4. The number of carbonyl (C=O) groups excluding carboxylic acids is 1. The van der Waals surface area contributed by atoms with Crippen LogP contribution in [0.25, 0.3) is 0 Å². The van der Waals surface area contributed by atoms with Crippen molar-refractivity contribution in [3.63, 3.8) is 0 Å². The average Bonchev–Trinajstić information content (AvgIpc) is 2.33. The zero-order valence-electron chi connectivity index (χ0n) is 11.3. The highest BCUT2D eigenvalue weighted by atomic mass is 28.4. The smallest absolute Gasteiger partial charge is 0.337 e. The van der Waals surface area contributed by atoms with Crippen LogP contribution in [0, 0.1) is 0 Å². The second-order valence-corrected chi connectivity index (χ2v) is 7.48. The molecule has 0 amide bonds. The van der Waals surface area contributed by atoms with Crippen LogP contribution in [0.3, 0.4) is 0 Å². The van der Waals surface area contributed by atoms with Gasteiger partial charge in [0.1, 0.15) is 0 Å². The van der Waals surface area contributed by atoms with E-state index in [9.17, 15) is 4.79 Å². The summed E-state index contributed by atoms with van der Waals surface area (Å²) in [5.74, 6) is -0.287. The molecule has 0 unspecified atom stereocenters. The molecule has 0 aromatic carbocycles. The van der Waals surface area contributed by atoms with Crippen LogP contribution in [0.4, 0.5) is 0 Å². The van der Waals surface area contributed by atoms with Crippen LogP contribution < -0.4 is 0 Å². The lowest BCUT2D eigenvalue weighted by atomic mass is 10.5. The van der Waals surface area contributed by atoms with Crippen LogP contribution in [0.1, 0.15) is 26.7 Å². The molecule has 0 aliphatic carbocycles. The van der Waals surface area contributed by atoms with Gasteiger partial charge in [0.15, 0.2) is 0 Å². The zero-order valence-corrected chi connectivity index (χ0v) is 12.3. The molecule has 0 fully saturated rings. The minimum absolute atomic E-state index is 0.287. The quantitative estimate of drug-likeness (QED) is 0.277. The number of hydrogen-bond donors (Lipinski definition) is 0. The molecular weight excluding hydrogens is 236 g/mol. The number of carbonyl (C=O) groups is 1. The fourth-order valence-corrected chi connectivity index (χ4v) is 4.37. The van der Waals surface area contributed by atoms with Gasteiger partial charge in [0.05, 0.1) is 6.61 Å². The lowest BCUT2D eigenvalue weighted by Gasteiger charge is -2.26. The third-order valence-electron chi connectivity index (χ3n) is 2.62. The van der Waals surface area contributed by atoms with Gasteiger partial charge in [0.2, 0.25) is 0 Å². The van der Waals surface area contributed by atoms with Gasteiger partial charge >= 0.3 is 14.5 Å². The molecule has 5 heteroatoms. The fourth-order valence-electron chi connectivity index (χ4n) is 1.70. The summed E-state index contributed by atoms with van der Waals surface area (Å²) in [7, 11) is 1.37. The van der Waals surface area contributed by atoms with E-state index in [0.717, 1.165) is 24.9 Å². The minimum Gasteiger partial charge on any atom is -0.463 e. The Balaban J connectivity index is 3.94. The molecule has 0 saturated heterocycles. The SMILES string of the molecule is CC=CC(=O)OCCC[Si](CCC)(OC)OC. The van der Waals surface area contributed by atoms with Crippen LogP contribution in [0.15, 0.2) is 12.2 Å². The number of esters is 1. The first-order valence-electron chi connectivity index (χ1n) is 6.04. The van der Waals surface area contributed by atoms with E-state index in [4.69, 9.17) is 13.6 Å². The van der Waals surface area contributed by atoms with Gasteiger partial charge < -0.3 is 13.6 Å². The molecule has 0 heterocycles. The lowest BCUT2D eigenvalue weighted by Crippen LogP contribution is -2.39. The topological polar surface area (TPSA) is 44.8 Å². The van der Waals surface area contributed by atoms with Gasteiger partial charge in [-0.05, 0) is 25.4 Å². The van der Waals surface area contributed by atoms with Crippen LogP contribution in [0.2, 0.25) is 12.1 Å². The van der Waals surface area contributed by atoms with Gasteiger partial charge in [-0.3, -0.25) is 0 Å². The van der Waals surface area contributed by atoms with Crippen molar-refractivity contribution in [3.05, 3.63) is 12.2 Å². The third kappa shape index (κ3) is 6.60. The molecule has 0 bridgehead atoms. The van der Waals surface area contributed by atoms with Crippen molar-refractivity contribution in [2.24, 2.45) is 0 Å². The monoisotopic (exact) mass is 260 g/mol. The molecule has 0 saturated carbocycles. The summed E-state index contributed by atoms with van der Waals surface area (Å²) in [6.07, 6.45) is 4.93. The second-order valence-electron chi connectivity index (χ2n) is 3.84. The summed E-state index contributed by atoms with van der Waals surface area (Å²) in [5.41, 5.74) is 0. The maximum atomic E-state index is 11.1. The predicted molar refractivity (Wildman–Crippen MR) is 70.1 cm³/mol. The van der Waals surface area contributed by atoms with E-state index in [0.29, 0.717) is 6.61 Å². The Bertz CT molecular complexity index is 237.